The lowest BCUT2D eigenvalue weighted by molar-refractivity contribution is -0.130. The number of rotatable bonds is 5. The lowest BCUT2D eigenvalue weighted by Gasteiger charge is -2.21. The van der Waals surface area contributed by atoms with Crippen LogP contribution in [0, 0.1) is 0 Å². The first-order valence-electron chi connectivity index (χ1n) is 6.79. The maximum atomic E-state index is 12.0. The molecule has 2 aliphatic rings. The van der Waals surface area contributed by atoms with E-state index in [1.54, 1.807) is 0 Å². The van der Waals surface area contributed by atoms with Crippen LogP contribution in [0.4, 0.5) is 0 Å². The molecule has 0 atom stereocenters. The van der Waals surface area contributed by atoms with Crippen LogP contribution in [0.25, 0.3) is 0 Å². The van der Waals surface area contributed by atoms with E-state index in [0.717, 1.165) is 19.6 Å². The minimum atomic E-state index is 0.295. The van der Waals surface area contributed by atoms with Crippen LogP contribution >= 0.6 is 11.8 Å². The highest BCUT2D eigenvalue weighted by atomic mass is 32.2. The Bertz CT molecular complexity index is 258. The predicted octanol–water partition coefficient (Wildman–Crippen LogP) is 1.87. The summed E-state index contributed by atoms with van der Waals surface area (Å²) in [4.78, 5) is 14.0. The average molecular weight is 256 g/mol. The van der Waals surface area contributed by atoms with Crippen molar-refractivity contribution in [1.82, 2.24) is 10.2 Å². The number of carbonyl (C=O) groups is 1. The van der Waals surface area contributed by atoms with Crippen LogP contribution in [0.5, 0.6) is 0 Å². The molecule has 2 rings (SSSR count). The second kappa shape index (κ2) is 6.10. The fourth-order valence-electron chi connectivity index (χ4n) is 2.42. The first kappa shape index (κ1) is 13.2. The Kier molecular flexibility index (Phi) is 4.74. The molecule has 98 valence electrons. The second-order valence-electron chi connectivity index (χ2n) is 5.29. The van der Waals surface area contributed by atoms with Gasteiger partial charge in [0, 0.05) is 24.4 Å². The van der Waals surface area contributed by atoms with Gasteiger partial charge in [0.25, 0.3) is 0 Å². The maximum Gasteiger partial charge on any atom is 0.236 e. The van der Waals surface area contributed by atoms with Gasteiger partial charge in [-0.3, -0.25) is 4.79 Å². The first-order chi connectivity index (χ1) is 8.26. The third-order valence-corrected chi connectivity index (χ3v) is 5.34. The second-order valence-corrected chi connectivity index (χ2v) is 6.56. The zero-order chi connectivity index (χ0) is 12.1. The number of carbonyl (C=O) groups excluding carboxylic acids is 1. The lowest BCUT2D eigenvalue weighted by atomic mass is 10.2. The van der Waals surface area contributed by atoms with Crippen molar-refractivity contribution in [2.24, 2.45) is 0 Å². The van der Waals surface area contributed by atoms with Crippen molar-refractivity contribution in [3.8, 4) is 0 Å². The number of nitrogens with zero attached hydrogens (tertiary/aromatic N) is 1. The smallest absolute Gasteiger partial charge is 0.236 e. The van der Waals surface area contributed by atoms with Crippen LogP contribution in [-0.2, 0) is 4.79 Å². The number of hydrogen-bond acceptors (Lipinski definition) is 3. The monoisotopic (exact) mass is 256 g/mol. The Morgan fingerprint density at radius 1 is 1.24 bits per heavy atom. The molecule has 1 aliphatic carbocycles. The molecule has 0 aromatic rings. The van der Waals surface area contributed by atoms with Gasteiger partial charge in [-0.1, -0.05) is 12.8 Å². The summed E-state index contributed by atoms with van der Waals surface area (Å²) in [5, 5.41) is 3.34. The first-order valence-corrected chi connectivity index (χ1v) is 8.02. The highest BCUT2D eigenvalue weighted by Gasteiger charge is 2.41. The molecule has 17 heavy (non-hydrogen) atoms. The van der Waals surface area contributed by atoms with Gasteiger partial charge < -0.3 is 10.2 Å². The van der Waals surface area contributed by atoms with E-state index in [-0.39, 0.29) is 0 Å². The topological polar surface area (TPSA) is 32.3 Å². The van der Waals surface area contributed by atoms with Gasteiger partial charge in [0.15, 0.2) is 0 Å². The van der Waals surface area contributed by atoms with Gasteiger partial charge >= 0.3 is 0 Å². The van der Waals surface area contributed by atoms with Gasteiger partial charge in [-0.15, -0.1) is 0 Å². The van der Waals surface area contributed by atoms with Gasteiger partial charge in [-0.25, -0.2) is 0 Å². The zero-order valence-electron chi connectivity index (χ0n) is 10.8. The number of hydrogen-bond donors (Lipinski definition) is 1. The van der Waals surface area contributed by atoms with E-state index in [9.17, 15) is 4.79 Å². The fraction of sp³-hybridized carbons (Fsp3) is 0.923. The van der Waals surface area contributed by atoms with E-state index in [1.807, 2.05) is 16.7 Å². The molecule has 1 heterocycles. The van der Waals surface area contributed by atoms with Crippen LogP contribution in [-0.4, -0.2) is 48.0 Å². The van der Waals surface area contributed by atoms with Crippen LogP contribution in [0.1, 0.15) is 38.5 Å². The van der Waals surface area contributed by atoms with E-state index in [2.05, 4.69) is 11.6 Å². The molecule has 0 radical (unpaired) electrons. The molecule has 4 heteroatoms. The quantitative estimate of drug-likeness (QED) is 0.815. The maximum absolute atomic E-state index is 12.0. The Balaban J connectivity index is 1.65. The summed E-state index contributed by atoms with van der Waals surface area (Å²) in [5.41, 5.74) is 0. The molecule has 0 spiro atoms. The summed E-state index contributed by atoms with van der Waals surface area (Å²) < 4.78 is 0.457. The van der Waals surface area contributed by atoms with Crippen molar-refractivity contribution in [3.05, 3.63) is 0 Å². The average Bonchev–Trinajstić information content (AvgIpc) is 3.13. The molecule has 0 aromatic carbocycles. The molecular formula is C13H24N2OS. The Hall–Kier alpha value is -0.220. The molecular weight excluding hydrogens is 232 g/mol. The predicted molar refractivity (Wildman–Crippen MR) is 73.4 cm³/mol. The minimum absolute atomic E-state index is 0.295. The summed E-state index contributed by atoms with van der Waals surface area (Å²) >= 11 is 1.94. The molecule has 0 bridgehead atoms. The zero-order valence-corrected chi connectivity index (χ0v) is 11.7. The van der Waals surface area contributed by atoms with Crippen molar-refractivity contribution < 1.29 is 4.79 Å². The van der Waals surface area contributed by atoms with E-state index in [1.165, 1.54) is 38.5 Å². The SMILES string of the molecule is CSC1(CNCC(=O)N2CCCCCC2)CC1. The minimum Gasteiger partial charge on any atom is -0.342 e. The molecule has 3 nitrogen and oxygen atoms in total. The van der Waals surface area contributed by atoms with Crippen molar-refractivity contribution in [2.75, 3.05) is 32.4 Å². The Morgan fingerprint density at radius 2 is 1.88 bits per heavy atom. The molecule has 1 saturated carbocycles. The van der Waals surface area contributed by atoms with Crippen LogP contribution in [0.2, 0.25) is 0 Å². The van der Waals surface area contributed by atoms with Crippen LogP contribution in [0.15, 0.2) is 0 Å². The van der Waals surface area contributed by atoms with Crippen molar-refractivity contribution >= 4 is 17.7 Å². The lowest BCUT2D eigenvalue weighted by Crippen LogP contribution is -2.40. The molecule has 1 saturated heterocycles. The van der Waals surface area contributed by atoms with Crippen LogP contribution < -0.4 is 5.32 Å². The van der Waals surface area contributed by atoms with E-state index >= 15 is 0 Å². The summed E-state index contributed by atoms with van der Waals surface area (Å²) in [6.45, 7) is 3.46. The van der Waals surface area contributed by atoms with Gasteiger partial charge in [0.1, 0.15) is 0 Å². The number of nitrogens with one attached hydrogen (secondary N) is 1. The number of amides is 1. The largest absolute Gasteiger partial charge is 0.342 e. The Morgan fingerprint density at radius 3 is 2.41 bits per heavy atom. The summed E-state index contributed by atoms with van der Waals surface area (Å²) in [6.07, 6.45) is 9.71. The van der Waals surface area contributed by atoms with Crippen molar-refractivity contribution in [3.63, 3.8) is 0 Å². The van der Waals surface area contributed by atoms with Gasteiger partial charge in [0.05, 0.1) is 6.54 Å². The number of thioether (sulfide) groups is 1. The fourth-order valence-corrected chi connectivity index (χ4v) is 3.18. The third kappa shape index (κ3) is 3.88. The van der Waals surface area contributed by atoms with Crippen molar-refractivity contribution in [1.29, 1.82) is 0 Å². The van der Waals surface area contributed by atoms with E-state index in [4.69, 9.17) is 0 Å². The number of likely N-dealkylation sites (tertiary alicyclic amines) is 1. The van der Waals surface area contributed by atoms with Crippen molar-refractivity contribution in [2.45, 2.75) is 43.3 Å². The summed E-state index contributed by atoms with van der Waals surface area (Å²) in [5.74, 6) is 0.295. The van der Waals surface area contributed by atoms with Gasteiger partial charge in [0.2, 0.25) is 5.91 Å². The molecule has 2 fully saturated rings. The van der Waals surface area contributed by atoms with E-state index in [0.29, 0.717) is 17.2 Å². The molecule has 1 amide bonds. The van der Waals surface area contributed by atoms with Gasteiger partial charge in [-0.2, -0.15) is 11.8 Å². The Labute approximate surface area is 109 Å². The molecule has 1 N–H and O–H groups in total. The highest BCUT2D eigenvalue weighted by molar-refractivity contribution is 8.00. The third-order valence-electron chi connectivity index (χ3n) is 3.92. The normalized spacial score (nSPS) is 23.2. The molecule has 0 unspecified atom stereocenters. The molecule has 1 aliphatic heterocycles. The standard InChI is InChI=1S/C13H24N2OS/c1-17-13(6-7-13)11-14-10-12(16)15-8-4-2-3-5-9-15/h14H,2-11H2,1H3. The molecule has 0 aromatic heterocycles. The van der Waals surface area contributed by atoms with Crippen LogP contribution in [0.3, 0.4) is 0 Å². The highest BCUT2D eigenvalue weighted by Crippen LogP contribution is 2.46. The van der Waals surface area contributed by atoms with E-state index < -0.39 is 0 Å². The summed E-state index contributed by atoms with van der Waals surface area (Å²) in [6, 6.07) is 0. The van der Waals surface area contributed by atoms with Gasteiger partial charge in [-0.05, 0) is 31.9 Å². The summed E-state index contributed by atoms with van der Waals surface area (Å²) in [7, 11) is 0.